The summed E-state index contributed by atoms with van der Waals surface area (Å²) in [6, 6.07) is 10.6. The van der Waals surface area contributed by atoms with E-state index in [0.29, 0.717) is 0 Å². The molecule has 1 rings (SSSR count). The molecule has 0 aliphatic heterocycles. The second kappa shape index (κ2) is 3.79. The summed E-state index contributed by atoms with van der Waals surface area (Å²) in [5.41, 5.74) is 1.39. The molecule has 1 aromatic carbocycles. The van der Waals surface area contributed by atoms with Crippen molar-refractivity contribution in [2.75, 3.05) is 0 Å². The van der Waals surface area contributed by atoms with Gasteiger partial charge in [0.1, 0.15) is 0 Å². The van der Waals surface area contributed by atoms with Gasteiger partial charge in [0.15, 0.2) is 0 Å². The van der Waals surface area contributed by atoms with Crippen molar-refractivity contribution in [2.45, 2.75) is 13.3 Å². The van der Waals surface area contributed by atoms with Crippen LogP contribution in [0, 0.1) is 0 Å². The Hall–Kier alpha value is -0.274. The minimum atomic E-state index is 1.17. The van der Waals surface area contributed by atoms with Crippen LogP contribution in [0.2, 0.25) is 0 Å². The molecule has 0 spiro atoms. The second-order valence-electron chi connectivity index (χ2n) is 2.24. The van der Waals surface area contributed by atoms with Crippen LogP contribution in [0.3, 0.4) is 0 Å². The molecule has 0 aromatic heterocycles. The van der Waals surface area contributed by atoms with Gasteiger partial charge in [-0.1, -0.05) is 0 Å². The van der Waals surface area contributed by atoms with Crippen molar-refractivity contribution >= 4 is 22.2 Å². The molecule has 0 aliphatic carbocycles. The third kappa shape index (κ3) is 1.86. The van der Waals surface area contributed by atoms with E-state index in [-0.39, 0.29) is 0 Å². The monoisotopic (exact) mass is 187 g/mol. The molecule has 0 unspecified atom stereocenters. The molecule has 0 bridgehead atoms. The van der Waals surface area contributed by atoms with Crippen LogP contribution in [0.4, 0.5) is 0 Å². The van der Waals surface area contributed by atoms with Crippen molar-refractivity contribution in [1.29, 1.82) is 0 Å². The number of benzene rings is 1. The zero-order valence-electron chi connectivity index (χ0n) is 6.17. The predicted octanol–water partition coefficient (Wildman–Crippen LogP) is 1.79. The third-order valence-corrected chi connectivity index (χ3v) is 3.08. The van der Waals surface area contributed by atoms with E-state index >= 15 is 0 Å². The van der Waals surface area contributed by atoms with E-state index in [4.69, 9.17) is 0 Å². The van der Waals surface area contributed by atoms with Crippen LogP contribution in [-0.2, 0) is 0 Å². The summed E-state index contributed by atoms with van der Waals surface area (Å²) in [4.78, 5) is 0. The number of rotatable bonds is 2. The molecule has 0 aliphatic rings. The fraction of sp³-hybridized carbons (Fsp3) is 0.222. The van der Waals surface area contributed by atoms with Crippen molar-refractivity contribution < 1.29 is 0 Å². The molecular weight excluding hydrogens is 178 g/mol. The van der Waals surface area contributed by atoms with Gasteiger partial charge in [-0.25, -0.2) is 0 Å². The quantitative estimate of drug-likeness (QED) is 0.620. The molecule has 0 atom stereocenters. The SMILES string of the molecule is CC[C](=[Ga])c1ccccc1. The summed E-state index contributed by atoms with van der Waals surface area (Å²) in [5, 5.41) is 0. The summed E-state index contributed by atoms with van der Waals surface area (Å²) in [6.07, 6.45) is 1.17. The van der Waals surface area contributed by atoms with Gasteiger partial charge in [0.2, 0.25) is 0 Å². The van der Waals surface area contributed by atoms with Gasteiger partial charge in [0.05, 0.1) is 0 Å². The Morgan fingerprint density at radius 3 is 2.40 bits per heavy atom. The first-order valence-electron chi connectivity index (χ1n) is 3.51. The van der Waals surface area contributed by atoms with Gasteiger partial charge in [0.25, 0.3) is 0 Å². The number of hydrogen-bond acceptors (Lipinski definition) is 0. The van der Waals surface area contributed by atoms with Crippen molar-refractivity contribution in [1.82, 2.24) is 0 Å². The molecule has 0 saturated carbocycles. The fourth-order valence-electron chi connectivity index (χ4n) is 0.856. The predicted molar refractivity (Wildman–Crippen MR) is 46.6 cm³/mol. The van der Waals surface area contributed by atoms with Crippen LogP contribution >= 0.6 is 0 Å². The molecule has 1 aromatic rings. The van der Waals surface area contributed by atoms with Crippen molar-refractivity contribution in [2.24, 2.45) is 0 Å². The molecular formula is C9H10Ga. The maximum absolute atomic E-state index is 2.20. The van der Waals surface area contributed by atoms with Crippen molar-refractivity contribution in [3.63, 3.8) is 0 Å². The average Bonchev–Trinajstić information content (AvgIpc) is 2.05. The van der Waals surface area contributed by atoms with E-state index in [9.17, 15) is 0 Å². The second-order valence-corrected chi connectivity index (χ2v) is 3.71. The summed E-state index contributed by atoms with van der Waals surface area (Å²) >= 11 is 1.73. The van der Waals surface area contributed by atoms with Crippen molar-refractivity contribution in [3.05, 3.63) is 35.9 Å². The van der Waals surface area contributed by atoms with Crippen LogP contribution < -0.4 is 0 Å². The van der Waals surface area contributed by atoms with Gasteiger partial charge in [-0.2, -0.15) is 0 Å². The van der Waals surface area contributed by atoms with E-state index in [1.165, 1.54) is 16.0 Å². The topological polar surface area (TPSA) is 0 Å². The molecule has 0 nitrogen and oxygen atoms in total. The first-order valence-corrected chi connectivity index (χ1v) is 4.72. The normalized spacial score (nSPS) is 9.20. The Morgan fingerprint density at radius 1 is 1.30 bits per heavy atom. The van der Waals surface area contributed by atoms with Gasteiger partial charge in [0, 0.05) is 0 Å². The zero-order chi connectivity index (χ0) is 7.40. The average molecular weight is 188 g/mol. The Labute approximate surface area is 71.7 Å². The Morgan fingerprint density at radius 2 is 1.90 bits per heavy atom. The van der Waals surface area contributed by atoms with Crippen molar-refractivity contribution in [3.8, 4) is 0 Å². The molecule has 0 heterocycles. The van der Waals surface area contributed by atoms with Gasteiger partial charge >= 0.3 is 71.5 Å². The van der Waals surface area contributed by atoms with Gasteiger partial charge < -0.3 is 0 Å². The Kier molecular flexibility index (Phi) is 2.97. The first-order chi connectivity index (χ1) is 4.84. The summed E-state index contributed by atoms with van der Waals surface area (Å²) in [5.74, 6) is 0. The Balaban J connectivity index is 2.85. The van der Waals surface area contributed by atoms with E-state index in [2.05, 4.69) is 37.3 Å². The molecule has 0 N–H and O–H groups in total. The van der Waals surface area contributed by atoms with Crippen LogP contribution in [0.1, 0.15) is 18.9 Å². The maximum atomic E-state index is 2.20. The van der Waals surface area contributed by atoms with Gasteiger partial charge in [-0.15, -0.1) is 0 Å². The van der Waals surface area contributed by atoms with Gasteiger partial charge in [-0.3, -0.25) is 0 Å². The molecule has 1 radical (unpaired) electrons. The summed E-state index contributed by atoms with van der Waals surface area (Å²) in [6.45, 7) is 2.20. The van der Waals surface area contributed by atoms with E-state index in [0.717, 1.165) is 0 Å². The van der Waals surface area contributed by atoms with Crippen LogP contribution in [0.25, 0.3) is 0 Å². The van der Waals surface area contributed by atoms with Crippen LogP contribution in [0.15, 0.2) is 30.3 Å². The Bertz CT molecular complexity index is 213. The fourth-order valence-corrected chi connectivity index (χ4v) is 1.26. The van der Waals surface area contributed by atoms with Crippen LogP contribution in [-0.4, -0.2) is 22.2 Å². The molecule has 10 heavy (non-hydrogen) atoms. The minimum absolute atomic E-state index is 1.17. The molecule has 0 fully saturated rings. The molecule has 0 saturated heterocycles. The molecule has 1 heteroatoms. The summed E-state index contributed by atoms with van der Waals surface area (Å²) < 4.78 is 1.52. The van der Waals surface area contributed by atoms with Gasteiger partial charge in [-0.05, 0) is 0 Å². The zero-order valence-corrected chi connectivity index (χ0v) is 8.59. The number of hydrogen-bond donors (Lipinski definition) is 0. The van der Waals surface area contributed by atoms with Crippen LogP contribution in [0.5, 0.6) is 0 Å². The summed E-state index contributed by atoms with van der Waals surface area (Å²) in [7, 11) is 0. The molecule has 0 amide bonds. The van der Waals surface area contributed by atoms with E-state index < -0.39 is 0 Å². The third-order valence-electron chi connectivity index (χ3n) is 1.53. The van der Waals surface area contributed by atoms with E-state index in [1.54, 1.807) is 18.1 Å². The van der Waals surface area contributed by atoms with E-state index in [1.807, 2.05) is 0 Å². The first kappa shape index (κ1) is 7.83. The molecule has 49 valence electrons. The standard InChI is InChI=1S/C9H10.Ga/c1-2-6-9-7-4-3-5-8-9;/h3-5,7-8H,2H2,1H3;.